The van der Waals surface area contributed by atoms with Crippen LogP contribution >= 0.6 is 0 Å². The van der Waals surface area contributed by atoms with Crippen molar-refractivity contribution in [2.45, 2.75) is 63.2 Å². The molecule has 0 saturated carbocycles. The highest BCUT2D eigenvalue weighted by Gasteiger charge is 2.31. The number of hydrogen-bond acceptors (Lipinski definition) is 8. The SMILES string of the molecule is N=C(N)c1ccc(CNC(=O)[C@H](CCCN=C(N)N)NC(=O)[C@H](CC(=O)O)NC(=O)[C@H](CCCN=C(N)N)NC(=O)Cc2ccccc2)cc1. The van der Waals surface area contributed by atoms with Crippen molar-refractivity contribution in [3.8, 4) is 0 Å². The van der Waals surface area contributed by atoms with Gasteiger partial charge in [0.15, 0.2) is 11.9 Å². The van der Waals surface area contributed by atoms with Gasteiger partial charge in [-0.3, -0.25) is 39.4 Å². The van der Waals surface area contributed by atoms with Gasteiger partial charge in [-0.2, -0.15) is 0 Å². The van der Waals surface area contributed by atoms with E-state index in [1.165, 1.54) is 0 Å². The Morgan fingerprint density at radius 2 is 1.20 bits per heavy atom. The first-order valence-corrected chi connectivity index (χ1v) is 15.7. The molecular formula is C32H46N12O6. The van der Waals surface area contributed by atoms with Crippen LogP contribution in [0.4, 0.5) is 0 Å². The molecule has 2 rings (SSSR count). The summed E-state index contributed by atoms with van der Waals surface area (Å²) < 4.78 is 0. The van der Waals surface area contributed by atoms with Gasteiger partial charge in [0.1, 0.15) is 24.0 Å². The van der Waals surface area contributed by atoms with Crippen LogP contribution in [0.15, 0.2) is 64.6 Å². The average molecular weight is 695 g/mol. The second-order valence-electron chi connectivity index (χ2n) is 11.2. The van der Waals surface area contributed by atoms with Crippen LogP contribution in [0.1, 0.15) is 48.8 Å². The molecule has 270 valence electrons. The zero-order valence-electron chi connectivity index (χ0n) is 27.6. The van der Waals surface area contributed by atoms with E-state index in [4.69, 9.17) is 34.1 Å². The number of nitrogens with zero attached hydrogens (tertiary/aromatic N) is 2. The molecule has 0 aromatic heterocycles. The van der Waals surface area contributed by atoms with Crippen LogP contribution in [0.5, 0.6) is 0 Å². The zero-order chi connectivity index (χ0) is 37.1. The lowest BCUT2D eigenvalue weighted by molar-refractivity contribution is -0.141. The van der Waals surface area contributed by atoms with Gasteiger partial charge in [-0.15, -0.1) is 0 Å². The fourth-order valence-corrected chi connectivity index (χ4v) is 4.61. The van der Waals surface area contributed by atoms with Gasteiger partial charge in [-0.05, 0) is 36.8 Å². The van der Waals surface area contributed by atoms with Crippen molar-refractivity contribution >= 4 is 47.4 Å². The largest absolute Gasteiger partial charge is 0.481 e. The topological polar surface area (TPSA) is 332 Å². The Kier molecular flexibility index (Phi) is 16.7. The van der Waals surface area contributed by atoms with Gasteiger partial charge in [0.05, 0.1) is 12.8 Å². The van der Waals surface area contributed by atoms with Crippen LogP contribution in [0.25, 0.3) is 0 Å². The molecule has 0 aliphatic rings. The minimum Gasteiger partial charge on any atom is -0.481 e. The van der Waals surface area contributed by atoms with Crippen LogP contribution in [0.2, 0.25) is 0 Å². The van der Waals surface area contributed by atoms with E-state index in [0.717, 1.165) is 0 Å². The summed E-state index contributed by atoms with van der Waals surface area (Å²) in [6.07, 6.45) is -0.184. The molecule has 0 aliphatic carbocycles. The summed E-state index contributed by atoms with van der Waals surface area (Å²) in [5, 5.41) is 27.4. The lowest BCUT2D eigenvalue weighted by Crippen LogP contribution is -2.57. The molecule has 50 heavy (non-hydrogen) atoms. The van der Waals surface area contributed by atoms with E-state index in [1.54, 1.807) is 54.6 Å². The van der Waals surface area contributed by atoms with Gasteiger partial charge >= 0.3 is 5.97 Å². The van der Waals surface area contributed by atoms with Crippen LogP contribution < -0.4 is 49.9 Å². The number of aliphatic carboxylic acids is 1. The Morgan fingerprint density at radius 1 is 0.680 bits per heavy atom. The van der Waals surface area contributed by atoms with Gasteiger partial charge in [0.2, 0.25) is 23.6 Å². The molecule has 0 fully saturated rings. The number of amides is 4. The number of carbonyl (C=O) groups is 5. The van der Waals surface area contributed by atoms with Crippen LogP contribution in [0.3, 0.4) is 0 Å². The third kappa shape index (κ3) is 15.6. The third-order valence-electron chi connectivity index (χ3n) is 7.13. The Hall–Kier alpha value is -6.20. The van der Waals surface area contributed by atoms with E-state index in [0.29, 0.717) is 16.7 Å². The molecule has 3 atom stereocenters. The van der Waals surface area contributed by atoms with Crippen molar-refractivity contribution in [1.82, 2.24) is 21.3 Å². The van der Waals surface area contributed by atoms with Gasteiger partial charge in [0.25, 0.3) is 0 Å². The quantitative estimate of drug-likeness (QED) is 0.0381. The number of benzene rings is 2. The molecule has 16 N–H and O–H groups in total. The second kappa shape index (κ2) is 20.9. The van der Waals surface area contributed by atoms with Gasteiger partial charge < -0.3 is 55.0 Å². The molecule has 18 heteroatoms. The maximum Gasteiger partial charge on any atom is 0.305 e. The number of nitrogen functional groups attached to an aromatic ring is 1. The van der Waals surface area contributed by atoms with Crippen molar-refractivity contribution in [3.05, 3.63) is 71.3 Å². The number of nitrogens with one attached hydrogen (secondary N) is 5. The van der Waals surface area contributed by atoms with E-state index in [9.17, 15) is 29.1 Å². The molecule has 2 aromatic carbocycles. The summed E-state index contributed by atoms with van der Waals surface area (Å²) in [6.45, 7) is 0.363. The van der Waals surface area contributed by atoms with Crippen molar-refractivity contribution in [1.29, 1.82) is 5.41 Å². The highest BCUT2D eigenvalue weighted by Crippen LogP contribution is 2.08. The Labute approximate surface area is 289 Å². The van der Waals surface area contributed by atoms with E-state index in [2.05, 4.69) is 31.3 Å². The maximum atomic E-state index is 13.5. The Balaban J connectivity index is 2.21. The number of guanidine groups is 2. The van der Waals surface area contributed by atoms with Crippen LogP contribution in [-0.2, 0) is 36.9 Å². The molecule has 0 unspecified atom stereocenters. The highest BCUT2D eigenvalue weighted by atomic mass is 16.4. The van der Waals surface area contributed by atoms with E-state index >= 15 is 0 Å². The molecule has 0 heterocycles. The number of carboxylic acid groups (broad SMARTS) is 1. The van der Waals surface area contributed by atoms with Gasteiger partial charge in [-0.25, -0.2) is 0 Å². The summed E-state index contributed by atoms with van der Waals surface area (Å²) in [5.74, 6) is -4.65. The molecule has 18 nitrogen and oxygen atoms in total. The molecule has 2 aromatic rings. The number of amidine groups is 1. The first-order chi connectivity index (χ1) is 23.7. The number of nitrogens with two attached hydrogens (primary N) is 5. The van der Waals surface area contributed by atoms with E-state index in [1.807, 2.05) is 0 Å². The normalized spacial score (nSPS) is 12.2. The van der Waals surface area contributed by atoms with Crippen molar-refractivity contribution in [2.75, 3.05) is 13.1 Å². The minimum atomic E-state index is -1.61. The van der Waals surface area contributed by atoms with E-state index < -0.39 is 54.1 Å². The number of carbonyl (C=O) groups excluding carboxylic acids is 4. The van der Waals surface area contributed by atoms with Crippen LogP contribution in [-0.4, -0.2) is 83.7 Å². The number of carboxylic acids is 1. The standard InChI is InChI=1S/C32H46N12O6/c33-27(34)21-12-10-20(11-13-21)18-41-28(48)22(8-4-14-39-31(35)36)43-30(50)24(17-26(46)47)44-29(49)23(9-5-15-40-32(37)38)42-25(45)16-19-6-2-1-3-7-19/h1-3,6-7,10-13,22-24H,4-5,8-9,14-18H2,(H3,33,34)(H,41,48)(H,42,45)(H,43,50)(H,44,49)(H,46,47)(H4,35,36,39)(H4,37,38,40)/t22-,23-,24-/m0/s1. The highest BCUT2D eigenvalue weighted by molar-refractivity contribution is 5.96. The molecule has 0 saturated heterocycles. The summed E-state index contributed by atoms with van der Waals surface area (Å²) in [7, 11) is 0. The van der Waals surface area contributed by atoms with Gasteiger partial charge in [0, 0.05) is 25.2 Å². The molecule has 0 bridgehead atoms. The Morgan fingerprint density at radius 3 is 1.72 bits per heavy atom. The van der Waals surface area contributed by atoms with Gasteiger partial charge in [-0.1, -0.05) is 54.6 Å². The first kappa shape index (κ1) is 40.0. The first-order valence-electron chi connectivity index (χ1n) is 15.7. The molecule has 0 radical (unpaired) electrons. The summed E-state index contributed by atoms with van der Waals surface area (Å²) >= 11 is 0. The molecule has 0 spiro atoms. The van der Waals surface area contributed by atoms with Crippen molar-refractivity contribution in [3.63, 3.8) is 0 Å². The fourth-order valence-electron chi connectivity index (χ4n) is 4.61. The average Bonchev–Trinajstić information content (AvgIpc) is 3.06. The number of aliphatic imine (C=N–C) groups is 2. The Bertz CT molecular complexity index is 1520. The molecular weight excluding hydrogens is 648 g/mol. The lowest BCUT2D eigenvalue weighted by atomic mass is 10.1. The zero-order valence-corrected chi connectivity index (χ0v) is 27.6. The molecule has 0 aliphatic heterocycles. The summed E-state index contributed by atoms with van der Waals surface area (Å²) in [4.78, 5) is 72.5. The summed E-state index contributed by atoms with van der Waals surface area (Å²) in [6, 6.07) is 11.5. The van der Waals surface area contributed by atoms with Crippen molar-refractivity contribution < 1.29 is 29.1 Å². The number of hydrogen-bond donors (Lipinski definition) is 11. The van der Waals surface area contributed by atoms with Crippen LogP contribution in [0, 0.1) is 5.41 Å². The smallest absolute Gasteiger partial charge is 0.305 e. The molecule has 4 amide bonds. The monoisotopic (exact) mass is 694 g/mol. The fraction of sp³-hybridized carbons (Fsp3) is 0.375. The predicted molar refractivity (Wildman–Crippen MR) is 187 cm³/mol. The summed E-state index contributed by atoms with van der Waals surface area (Å²) in [5.41, 5.74) is 28.9. The van der Waals surface area contributed by atoms with E-state index in [-0.39, 0.29) is 69.5 Å². The number of rotatable bonds is 21. The van der Waals surface area contributed by atoms with Crippen molar-refractivity contribution in [2.24, 2.45) is 38.7 Å². The second-order valence-corrected chi connectivity index (χ2v) is 11.2. The maximum absolute atomic E-state index is 13.5. The lowest BCUT2D eigenvalue weighted by Gasteiger charge is -2.25. The minimum absolute atomic E-state index is 0.0327. The predicted octanol–water partition coefficient (Wildman–Crippen LogP) is -2.13. The third-order valence-corrected chi connectivity index (χ3v) is 7.13.